The highest BCUT2D eigenvalue weighted by Crippen LogP contribution is 2.22. The Balaban J connectivity index is 1.44. The molecule has 2 aliphatic heterocycles. The summed E-state index contributed by atoms with van der Waals surface area (Å²) in [6, 6.07) is 8.00. The number of carbonyl (C=O) groups is 1. The molecule has 126 valence electrons. The van der Waals surface area contributed by atoms with Gasteiger partial charge in [-0.15, -0.1) is 0 Å². The van der Waals surface area contributed by atoms with E-state index in [-0.39, 0.29) is 5.91 Å². The lowest BCUT2D eigenvalue weighted by Gasteiger charge is -2.25. The molecule has 0 bridgehead atoms. The smallest absolute Gasteiger partial charge is 0.266 e. The van der Waals surface area contributed by atoms with Gasteiger partial charge in [0.25, 0.3) is 11.8 Å². The van der Waals surface area contributed by atoms with Crippen LogP contribution in [0.5, 0.6) is 0 Å². The Kier molecular flexibility index (Phi) is 4.17. The number of nitrogens with zero attached hydrogens (tertiary/aromatic N) is 4. The third-order valence-electron chi connectivity index (χ3n) is 4.56. The molecule has 0 aliphatic carbocycles. The second-order valence-corrected chi connectivity index (χ2v) is 6.25. The minimum absolute atomic E-state index is 0.247. The number of benzene rings is 1. The average Bonchev–Trinajstić information content (AvgIpc) is 3.26. The fourth-order valence-electron chi connectivity index (χ4n) is 3.17. The highest BCUT2D eigenvalue weighted by molar-refractivity contribution is 5.78. The molecule has 2 aromatic rings. The van der Waals surface area contributed by atoms with E-state index in [1.54, 1.807) is 0 Å². The third kappa shape index (κ3) is 3.12. The lowest BCUT2D eigenvalue weighted by atomic mass is 10.1. The Bertz CT molecular complexity index is 706. The largest absolute Gasteiger partial charge is 0.338 e. The molecule has 24 heavy (non-hydrogen) atoms. The number of anilines is 1. The summed E-state index contributed by atoms with van der Waals surface area (Å²) in [7, 11) is 0. The van der Waals surface area contributed by atoms with E-state index in [1.165, 1.54) is 0 Å². The van der Waals surface area contributed by atoms with E-state index in [0.29, 0.717) is 24.8 Å². The zero-order valence-electron chi connectivity index (χ0n) is 13.6. The molecule has 1 aromatic heterocycles. The number of piperazine rings is 1. The third-order valence-corrected chi connectivity index (χ3v) is 4.56. The van der Waals surface area contributed by atoms with Crippen LogP contribution in [0, 0.1) is 0 Å². The van der Waals surface area contributed by atoms with Crippen LogP contribution in [0.4, 0.5) is 5.95 Å². The molecule has 0 saturated carbocycles. The van der Waals surface area contributed by atoms with Crippen LogP contribution in [0.1, 0.15) is 18.4 Å². The Labute approximate surface area is 140 Å². The van der Waals surface area contributed by atoms with E-state index in [1.807, 2.05) is 29.2 Å². The van der Waals surface area contributed by atoms with Crippen LogP contribution in [-0.4, -0.2) is 53.7 Å². The minimum Gasteiger partial charge on any atom is -0.338 e. The zero-order valence-corrected chi connectivity index (χ0v) is 13.6. The van der Waals surface area contributed by atoms with Crippen LogP contribution in [-0.2, 0) is 11.3 Å². The van der Waals surface area contributed by atoms with Crippen molar-refractivity contribution < 1.29 is 9.32 Å². The molecule has 2 aliphatic rings. The number of rotatable bonds is 4. The lowest BCUT2D eigenvalue weighted by Crippen LogP contribution is -2.44. The Morgan fingerprint density at radius 3 is 2.62 bits per heavy atom. The molecule has 0 atom stereocenters. The highest BCUT2D eigenvalue weighted by atomic mass is 16.5. The Hall–Kier alpha value is -2.41. The number of likely N-dealkylation sites (tertiary alicyclic amines) is 1. The molecule has 1 amide bonds. The maximum absolute atomic E-state index is 11.7. The summed E-state index contributed by atoms with van der Waals surface area (Å²) >= 11 is 0. The van der Waals surface area contributed by atoms with Crippen LogP contribution in [0.15, 0.2) is 28.8 Å². The fourth-order valence-corrected chi connectivity index (χ4v) is 3.17. The number of nitrogens with one attached hydrogen (secondary N) is 1. The molecule has 1 aromatic carbocycles. The maximum Gasteiger partial charge on any atom is 0.266 e. The standard InChI is InChI=1S/C17H21N5O2/c23-15-2-1-9-22(15)12-13-3-5-14(6-4-13)16-19-17(20-24-16)21-10-7-18-8-11-21/h3-6,18H,1-2,7-12H2. The van der Waals surface area contributed by atoms with Crippen molar-refractivity contribution in [1.29, 1.82) is 0 Å². The normalized spacial score (nSPS) is 18.4. The molecular weight excluding hydrogens is 306 g/mol. The second-order valence-electron chi connectivity index (χ2n) is 6.25. The fraction of sp³-hybridized carbons (Fsp3) is 0.471. The van der Waals surface area contributed by atoms with Gasteiger partial charge in [0, 0.05) is 51.3 Å². The molecule has 4 rings (SSSR count). The van der Waals surface area contributed by atoms with Crippen molar-refractivity contribution in [3.8, 4) is 11.5 Å². The van der Waals surface area contributed by atoms with E-state index >= 15 is 0 Å². The molecule has 0 unspecified atom stereocenters. The van der Waals surface area contributed by atoms with Crippen molar-refractivity contribution >= 4 is 11.9 Å². The number of aromatic nitrogens is 2. The van der Waals surface area contributed by atoms with E-state index in [4.69, 9.17) is 4.52 Å². The summed E-state index contributed by atoms with van der Waals surface area (Å²) < 4.78 is 5.41. The lowest BCUT2D eigenvalue weighted by molar-refractivity contribution is -0.128. The number of hydrogen-bond acceptors (Lipinski definition) is 6. The molecule has 1 N–H and O–H groups in total. The first kappa shape index (κ1) is 15.1. The van der Waals surface area contributed by atoms with Gasteiger partial charge in [-0.25, -0.2) is 0 Å². The average molecular weight is 327 g/mol. The molecule has 3 heterocycles. The van der Waals surface area contributed by atoms with E-state index in [9.17, 15) is 4.79 Å². The molecular formula is C17H21N5O2. The number of amides is 1. The van der Waals surface area contributed by atoms with E-state index in [2.05, 4.69) is 20.4 Å². The quantitative estimate of drug-likeness (QED) is 0.911. The van der Waals surface area contributed by atoms with Gasteiger partial charge in [0.2, 0.25) is 5.91 Å². The van der Waals surface area contributed by atoms with E-state index < -0.39 is 0 Å². The highest BCUT2D eigenvalue weighted by Gasteiger charge is 2.20. The maximum atomic E-state index is 11.7. The monoisotopic (exact) mass is 327 g/mol. The van der Waals surface area contributed by atoms with Gasteiger partial charge in [-0.05, 0) is 29.3 Å². The molecule has 0 spiro atoms. The number of hydrogen-bond donors (Lipinski definition) is 1. The summed E-state index contributed by atoms with van der Waals surface area (Å²) in [4.78, 5) is 20.2. The van der Waals surface area contributed by atoms with Gasteiger partial charge in [-0.2, -0.15) is 4.98 Å². The Morgan fingerprint density at radius 2 is 1.92 bits per heavy atom. The van der Waals surface area contributed by atoms with Crippen molar-refractivity contribution in [3.05, 3.63) is 29.8 Å². The van der Waals surface area contributed by atoms with E-state index in [0.717, 1.165) is 50.3 Å². The van der Waals surface area contributed by atoms with Crippen LogP contribution < -0.4 is 10.2 Å². The van der Waals surface area contributed by atoms with Gasteiger partial charge in [0.1, 0.15) is 0 Å². The van der Waals surface area contributed by atoms with Crippen LogP contribution in [0.2, 0.25) is 0 Å². The van der Waals surface area contributed by atoms with Crippen LogP contribution >= 0.6 is 0 Å². The van der Waals surface area contributed by atoms with Crippen LogP contribution in [0.25, 0.3) is 11.5 Å². The van der Waals surface area contributed by atoms with Gasteiger partial charge in [0.15, 0.2) is 0 Å². The summed E-state index contributed by atoms with van der Waals surface area (Å²) in [6.45, 7) is 5.19. The van der Waals surface area contributed by atoms with Gasteiger partial charge in [-0.3, -0.25) is 4.79 Å². The molecule has 7 heteroatoms. The predicted molar refractivity (Wildman–Crippen MR) is 89.5 cm³/mol. The molecule has 0 radical (unpaired) electrons. The van der Waals surface area contributed by atoms with Crippen molar-refractivity contribution in [2.24, 2.45) is 0 Å². The summed E-state index contributed by atoms with van der Waals surface area (Å²) in [5.74, 6) is 1.43. The summed E-state index contributed by atoms with van der Waals surface area (Å²) in [5.41, 5.74) is 2.02. The van der Waals surface area contributed by atoms with Crippen molar-refractivity contribution in [2.45, 2.75) is 19.4 Å². The molecule has 2 fully saturated rings. The zero-order chi connectivity index (χ0) is 16.4. The van der Waals surface area contributed by atoms with Crippen molar-refractivity contribution in [1.82, 2.24) is 20.4 Å². The predicted octanol–water partition coefficient (Wildman–Crippen LogP) is 1.27. The summed E-state index contributed by atoms with van der Waals surface area (Å²) in [6.07, 6.45) is 1.64. The topological polar surface area (TPSA) is 74.5 Å². The van der Waals surface area contributed by atoms with Gasteiger partial charge < -0.3 is 19.6 Å². The first-order chi connectivity index (χ1) is 11.8. The second kappa shape index (κ2) is 6.60. The van der Waals surface area contributed by atoms with Crippen molar-refractivity contribution in [3.63, 3.8) is 0 Å². The first-order valence-electron chi connectivity index (χ1n) is 8.46. The summed E-state index contributed by atoms with van der Waals surface area (Å²) in [5, 5.41) is 7.40. The van der Waals surface area contributed by atoms with Crippen molar-refractivity contribution in [2.75, 3.05) is 37.6 Å². The minimum atomic E-state index is 0.247. The number of carbonyl (C=O) groups excluding carboxylic acids is 1. The van der Waals surface area contributed by atoms with Gasteiger partial charge >= 0.3 is 0 Å². The first-order valence-corrected chi connectivity index (χ1v) is 8.46. The van der Waals surface area contributed by atoms with Gasteiger partial charge in [-0.1, -0.05) is 12.1 Å². The molecule has 2 saturated heterocycles. The Morgan fingerprint density at radius 1 is 1.12 bits per heavy atom. The van der Waals surface area contributed by atoms with Crippen LogP contribution in [0.3, 0.4) is 0 Å². The SMILES string of the molecule is O=C1CCCN1Cc1ccc(-c2nc(N3CCNCC3)no2)cc1. The van der Waals surface area contributed by atoms with Gasteiger partial charge in [0.05, 0.1) is 0 Å². The molecule has 7 nitrogen and oxygen atoms in total.